The fourth-order valence-electron chi connectivity index (χ4n) is 13.6. The minimum atomic E-state index is -4.02. The number of nitro groups is 2. The number of nitrogens with one attached hydrogen (secondary N) is 1. The number of benzene rings is 6. The first-order valence-electron chi connectivity index (χ1n) is 36.2. The third-order valence-electron chi connectivity index (χ3n) is 19.3. The summed E-state index contributed by atoms with van der Waals surface area (Å²) < 4.78 is 76.2. The first-order valence-corrected chi connectivity index (χ1v) is 39.8. The highest BCUT2D eigenvalue weighted by molar-refractivity contribution is 7.59. The van der Waals surface area contributed by atoms with Gasteiger partial charge < -0.3 is 57.1 Å². The van der Waals surface area contributed by atoms with Crippen molar-refractivity contribution in [2.45, 2.75) is 80.3 Å². The fourth-order valence-corrected chi connectivity index (χ4v) is 18.8. The van der Waals surface area contributed by atoms with E-state index in [-0.39, 0.29) is 116 Å². The number of esters is 2. The molecule has 6 aliphatic rings. The molecule has 0 saturated carbocycles. The number of dihydropyridines is 1. The summed E-state index contributed by atoms with van der Waals surface area (Å²) in [6.45, 7) is 26.7. The second-order valence-corrected chi connectivity index (χ2v) is 33.0. The number of morpholine rings is 2. The first kappa shape index (κ1) is 89.7. The third kappa shape index (κ3) is 23.8. The van der Waals surface area contributed by atoms with Gasteiger partial charge >= 0.3 is 27.1 Å². The van der Waals surface area contributed by atoms with Crippen LogP contribution in [0.5, 0.6) is 0 Å². The van der Waals surface area contributed by atoms with Crippen LogP contribution in [0.1, 0.15) is 89.5 Å². The standard InChI is InChI=1S/C40H49N4O8P.C34H38N3O7P.C6H12ClNO.3ClH/c1-30-36(39(45)50-25-22-42(34-15-9-6-10-16-34)27-32-12-7-5-8-13-32)37(33-14-11-17-35(26-33)44(46)47)38(53(48)51-28-40(3,4)29-52-53)31(2)43(30)19-18-41-20-23-49-24-21-41;1-24-30(33(38)42-19-18-36(28-15-9-6-10-16-28)21-26-12-7-5-8-13-26)31(27-14-11-17-29(20-27)37(39)40)32(25(2)35-24)45(41)43-22-34(3,4)23-44-45;7-1-2-8-3-5-9-6-4-8;;;/h5-17,26,37H,18-25,27-29H2,1-4H3;5-17,20,31,35H,18-19,21-23H2,1-4H3;1-6H2;3*1H. The number of carbonyl (C=O) groups excluding carboxylic acids is 2. The monoisotopic (exact) mass is 1630 g/mol. The van der Waals surface area contributed by atoms with Gasteiger partial charge in [0.05, 0.1) is 109 Å². The van der Waals surface area contributed by atoms with E-state index in [0.29, 0.717) is 91.7 Å². The largest absolute Gasteiger partial charge is 0.460 e. The zero-order valence-electron chi connectivity index (χ0n) is 63.5. The lowest BCUT2D eigenvalue weighted by Crippen LogP contribution is -2.42. The van der Waals surface area contributed by atoms with Gasteiger partial charge in [-0.15, -0.1) is 48.8 Å². The van der Waals surface area contributed by atoms with E-state index >= 15 is 0 Å². The molecule has 2 atom stereocenters. The molecule has 6 heterocycles. The Morgan fingerprint density at radius 2 is 0.900 bits per heavy atom. The molecule has 596 valence electrons. The van der Waals surface area contributed by atoms with Crippen LogP contribution in [0, 0.1) is 31.1 Å². The quantitative estimate of drug-likeness (QED) is 0.0184. The van der Waals surface area contributed by atoms with E-state index in [9.17, 15) is 38.9 Å². The summed E-state index contributed by atoms with van der Waals surface area (Å²) in [4.78, 5) is 62.2. The molecule has 6 aromatic rings. The zero-order chi connectivity index (χ0) is 76.3. The maximum Gasteiger partial charge on any atom is 0.360 e. The Morgan fingerprint density at radius 1 is 0.518 bits per heavy atom. The van der Waals surface area contributed by atoms with Crippen molar-refractivity contribution in [1.82, 2.24) is 20.0 Å². The SMILES string of the molecule is CC1=C(C(=O)OCCN(Cc2ccccc2)c2ccccc2)C(c2cccc([N+](=O)[O-])c2)C(P2(=O)OCC(C)(C)CO2)=C(C)N1.CC1=C(C(=O)OCCN(Cc2ccccc2)c2ccccc2)C(c2cccc([N+](=O)[O-])c2)C(P2(=O)OCC(C)(C)CO2)=C(C)N1CCN1CCOCC1.Cl.Cl.Cl.ClCCN1CCOCC1. The fraction of sp³-hybridized carbons (Fsp3) is 0.425. The van der Waals surface area contributed by atoms with E-state index < -0.39 is 48.8 Å². The summed E-state index contributed by atoms with van der Waals surface area (Å²) >= 11 is 5.55. The smallest absolute Gasteiger partial charge is 0.360 e. The lowest BCUT2D eigenvalue weighted by Gasteiger charge is -2.43. The Hall–Kier alpha value is -7.48. The van der Waals surface area contributed by atoms with Crippen LogP contribution < -0.4 is 15.1 Å². The second-order valence-electron chi connectivity index (χ2n) is 28.6. The number of anilines is 2. The van der Waals surface area contributed by atoms with Gasteiger partial charge in [0.1, 0.15) is 13.2 Å². The van der Waals surface area contributed by atoms with Gasteiger partial charge in [0.2, 0.25) is 0 Å². The molecule has 24 nitrogen and oxygen atoms in total. The number of hydrogen-bond acceptors (Lipinski definition) is 22. The summed E-state index contributed by atoms with van der Waals surface area (Å²) in [5.41, 5.74) is 6.66. The average molecular weight is 1640 g/mol. The number of para-hydroxylation sites is 2. The van der Waals surface area contributed by atoms with Crippen molar-refractivity contribution in [1.29, 1.82) is 0 Å². The molecule has 0 aromatic heterocycles. The van der Waals surface area contributed by atoms with Crippen LogP contribution in [-0.2, 0) is 68.9 Å². The summed E-state index contributed by atoms with van der Waals surface area (Å²) in [5, 5.41) is 27.4. The maximum atomic E-state index is 15.0. The van der Waals surface area contributed by atoms with Crippen molar-refractivity contribution in [2.24, 2.45) is 10.8 Å². The minimum Gasteiger partial charge on any atom is -0.460 e. The van der Waals surface area contributed by atoms with Crippen molar-refractivity contribution >= 4 is 98.7 Å². The maximum absolute atomic E-state index is 15.0. The molecule has 4 saturated heterocycles. The van der Waals surface area contributed by atoms with E-state index in [0.717, 1.165) is 74.3 Å². The summed E-state index contributed by atoms with van der Waals surface area (Å²) in [5.74, 6) is -2.43. The number of hydrogen-bond donors (Lipinski definition) is 1. The van der Waals surface area contributed by atoms with E-state index in [1.807, 2.05) is 156 Å². The number of ether oxygens (including phenoxy) is 4. The second kappa shape index (κ2) is 41.9. The average Bonchev–Trinajstić information content (AvgIpc) is 0.738. The third-order valence-corrected chi connectivity index (χ3v) is 23.7. The number of nitrogens with zero attached hydrogens (tertiary/aromatic N) is 7. The number of halogens is 4. The molecule has 0 spiro atoms. The molecule has 0 amide bonds. The van der Waals surface area contributed by atoms with Gasteiger partial charge in [-0.05, 0) is 74.2 Å². The minimum absolute atomic E-state index is 0. The van der Waals surface area contributed by atoms with Crippen LogP contribution >= 0.6 is 64.0 Å². The Bertz CT molecular complexity index is 4260. The molecule has 6 aromatic carbocycles. The number of alkyl halides is 1. The van der Waals surface area contributed by atoms with E-state index in [2.05, 4.69) is 37.0 Å². The van der Waals surface area contributed by atoms with Gasteiger partial charge in [-0.25, -0.2) is 9.59 Å². The highest BCUT2D eigenvalue weighted by Crippen LogP contribution is 2.69. The lowest BCUT2D eigenvalue weighted by atomic mass is 9.85. The molecule has 2 unspecified atom stereocenters. The molecule has 0 radical (unpaired) electrons. The first-order chi connectivity index (χ1) is 51.4. The molecule has 6 aliphatic heterocycles. The van der Waals surface area contributed by atoms with Crippen LogP contribution in [0.15, 0.2) is 214 Å². The van der Waals surface area contributed by atoms with Gasteiger partial charge in [0.15, 0.2) is 0 Å². The zero-order valence-corrected chi connectivity index (χ0v) is 68.5. The number of allylic oxidation sites excluding steroid dienone is 6. The Labute approximate surface area is 669 Å². The van der Waals surface area contributed by atoms with Crippen molar-refractivity contribution in [2.75, 3.05) is 141 Å². The van der Waals surface area contributed by atoms with Gasteiger partial charge in [-0.3, -0.25) is 39.2 Å². The van der Waals surface area contributed by atoms with Crippen LogP contribution in [-0.4, -0.2) is 167 Å². The van der Waals surface area contributed by atoms with Crippen LogP contribution in [0.4, 0.5) is 22.7 Å². The molecule has 30 heteroatoms. The molecule has 4 fully saturated rings. The van der Waals surface area contributed by atoms with Crippen LogP contribution in [0.3, 0.4) is 0 Å². The lowest BCUT2D eigenvalue weighted by molar-refractivity contribution is -0.385. The Morgan fingerprint density at radius 3 is 1.31 bits per heavy atom. The molecular formula is C80H102Cl4N8O16P2. The Kier molecular flexibility index (Phi) is 34.2. The number of nitro benzene ring substituents is 2. The van der Waals surface area contributed by atoms with E-state index in [4.69, 9.17) is 48.6 Å². The number of non-ortho nitro benzene ring substituents is 2. The van der Waals surface area contributed by atoms with Gasteiger partial charge in [0.25, 0.3) is 11.4 Å². The van der Waals surface area contributed by atoms with Crippen molar-refractivity contribution in [3.63, 3.8) is 0 Å². The Balaban J connectivity index is 0.000000270. The van der Waals surface area contributed by atoms with Crippen molar-refractivity contribution in [3.8, 4) is 0 Å². The highest BCUT2D eigenvalue weighted by atomic mass is 35.5. The highest BCUT2D eigenvalue weighted by Gasteiger charge is 2.51. The molecule has 12 rings (SSSR count). The van der Waals surface area contributed by atoms with Crippen LogP contribution in [0.25, 0.3) is 0 Å². The normalized spacial score (nSPS) is 19.4. The molecular weight excluding hydrogens is 1530 g/mol. The summed E-state index contributed by atoms with van der Waals surface area (Å²) in [6, 6.07) is 52.0. The molecule has 0 bridgehead atoms. The van der Waals surface area contributed by atoms with E-state index in [1.165, 1.54) is 24.3 Å². The van der Waals surface area contributed by atoms with Crippen molar-refractivity contribution in [3.05, 3.63) is 257 Å². The molecule has 1 N–H and O–H groups in total. The van der Waals surface area contributed by atoms with E-state index in [1.54, 1.807) is 38.1 Å². The van der Waals surface area contributed by atoms with Crippen LogP contribution in [0.2, 0.25) is 0 Å². The van der Waals surface area contributed by atoms with Gasteiger partial charge in [-0.1, -0.05) is 149 Å². The predicted molar refractivity (Wildman–Crippen MR) is 436 cm³/mol. The topological polar surface area (TPSA) is 257 Å². The van der Waals surface area contributed by atoms with Gasteiger partial charge in [0, 0.05) is 134 Å². The summed E-state index contributed by atoms with van der Waals surface area (Å²) in [6.07, 6.45) is 0. The summed E-state index contributed by atoms with van der Waals surface area (Å²) in [7, 11) is -7.93. The van der Waals surface area contributed by atoms with Gasteiger partial charge in [-0.2, -0.15) is 0 Å². The predicted octanol–water partition coefficient (Wildman–Crippen LogP) is 16.5. The number of rotatable bonds is 25. The molecule has 110 heavy (non-hydrogen) atoms. The van der Waals surface area contributed by atoms with Crippen molar-refractivity contribution < 1.29 is 65.6 Å². The number of carbonyl (C=O) groups is 2. The molecule has 0 aliphatic carbocycles.